The van der Waals surface area contributed by atoms with Gasteiger partial charge in [-0.1, -0.05) is 11.6 Å². The summed E-state index contributed by atoms with van der Waals surface area (Å²) >= 11 is 1.70. The number of hydrogen-bond acceptors (Lipinski definition) is 7. The summed E-state index contributed by atoms with van der Waals surface area (Å²) in [6, 6.07) is -0.283. The molecule has 0 aromatic carbocycles. The van der Waals surface area contributed by atoms with Crippen molar-refractivity contribution in [2.75, 3.05) is 52.8 Å². The van der Waals surface area contributed by atoms with Gasteiger partial charge in [0.05, 0.1) is 12.6 Å². The number of hydrogen-bond donors (Lipinski definition) is 0. The first kappa shape index (κ1) is 25.8. The van der Waals surface area contributed by atoms with Gasteiger partial charge in [0.1, 0.15) is 18.7 Å². The number of carbonyl (C=O) groups excluding carboxylic acids is 3. The standard InChI is InChI=1S/C21H38N4O3S/c1-22(12-10-19-8-6-5-7-9-19)16-21(25(18-28)23(2)13-14-26)24(3)20(17-27)11-15-29-4/h8,14,17-18,20-21H,5-7,9-13,15-16H2,1-4H3/t20-,21?/m0/s1. The molecule has 0 bridgehead atoms. The third kappa shape index (κ3) is 8.99. The number of aldehydes is 2. The Labute approximate surface area is 180 Å². The Balaban J connectivity index is 2.88. The monoisotopic (exact) mass is 426 g/mol. The summed E-state index contributed by atoms with van der Waals surface area (Å²) in [7, 11) is 5.64. The van der Waals surface area contributed by atoms with Gasteiger partial charge in [-0.3, -0.25) is 14.7 Å². The molecule has 0 aromatic rings. The van der Waals surface area contributed by atoms with Gasteiger partial charge in [-0.2, -0.15) is 11.8 Å². The van der Waals surface area contributed by atoms with Crippen LogP contribution in [0.15, 0.2) is 11.6 Å². The third-order valence-corrected chi connectivity index (χ3v) is 6.23. The van der Waals surface area contributed by atoms with Crippen molar-refractivity contribution in [1.29, 1.82) is 0 Å². The molecule has 0 fully saturated rings. The second-order valence-corrected chi connectivity index (χ2v) is 8.73. The van der Waals surface area contributed by atoms with Crippen LogP contribution in [-0.4, -0.2) is 104 Å². The zero-order chi connectivity index (χ0) is 21.6. The number of nitrogens with zero attached hydrogens (tertiary/aromatic N) is 4. The van der Waals surface area contributed by atoms with E-state index in [4.69, 9.17) is 0 Å². The summed E-state index contributed by atoms with van der Waals surface area (Å²) in [6.45, 7) is 1.61. The van der Waals surface area contributed by atoms with Crippen molar-refractivity contribution >= 4 is 30.7 Å². The topological polar surface area (TPSA) is 64.2 Å². The lowest BCUT2D eigenvalue weighted by molar-refractivity contribution is -0.153. The Morgan fingerprint density at radius 1 is 1.17 bits per heavy atom. The highest BCUT2D eigenvalue weighted by molar-refractivity contribution is 7.98. The normalized spacial score (nSPS) is 16.6. The number of allylic oxidation sites excluding steroid dienone is 1. The highest BCUT2D eigenvalue weighted by Crippen LogP contribution is 2.20. The van der Waals surface area contributed by atoms with E-state index >= 15 is 0 Å². The number of rotatable bonds is 16. The van der Waals surface area contributed by atoms with Crippen LogP contribution in [0.4, 0.5) is 0 Å². The van der Waals surface area contributed by atoms with Crippen molar-refractivity contribution in [3.8, 4) is 0 Å². The van der Waals surface area contributed by atoms with E-state index in [1.807, 2.05) is 25.3 Å². The molecular weight excluding hydrogens is 388 g/mol. The Bertz CT molecular complexity index is 532. The van der Waals surface area contributed by atoms with Crippen LogP contribution in [0.2, 0.25) is 0 Å². The molecule has 0 aliphatic heterocycles. The third-order valence-electron chi connectivity index (χ3n) is 5.59. The first-order valence-corrected chi connectivity index (χ1v) is 11.8. The van der Waals surface area contributed by atoms with E-state index in [1.165, 1.54) is 36.3 Å². The Morgan fingerprint density at radius 3 is 2.48 bits per heavy atom. The molecule has 7 nitrogen and oxygen atoms in total. The fraction of sp³-hybridized carbons (Fsp3) is 0.762. The van der Waals surface area contributed by atoms with E-state index in [-0.39, 0.29) is 18.8 Å². The van der Waals surface area contributed by atoms with Gasteiger partial charge in [-0.05, 0) is 64.6 Å². The van der Waals surface area contributed by atoms with Crippen LogP contribution < -0.4 is 0 Å². The lowest BCUT2D eigenvalue weighted by Crippen LogP contribution is -2.60. The average Bonchev–Trinajstić information content (AvgIpc) is 2.73. The summed E-state index contributed by atoms with van der Waals surface area (Å²) in [6.07, 6.45) is 13.2. The van der Waals surface area contributed by atoms with Crippen LogP contribution >= 0.6 is 11.8 Å². The van der Waals surface area contributed by atoms with Crippen molar-refractivity contribution in [2.45, 2.75) is 50.7 Å². The minimum absolute atomic E-state index is 0.121. The molecular formula is C21H38N4O3S. The minimum atomic E-state index is -0.333. The molecule has 8 heteroatoms. The van der Waals surface area contributed by atoms with Gasteiger partial charge < -0.3 is 14.5 Å². The molecule has 0 aromatic heterocycles. The SMILES string of the molecule is CSCC[C@@H](C=O)N(C)C(CN(C)CCC1=CCCCC1)N(C=O)N(C)CC=O. The van der Waals surface area contributed by atoms with Crippen LogP contribution in [-0.2, 0) is 14.4 Å². The van der Waals surface area contributed by atoms with Crippen molar-refractivity contribution in [3.63, 3.8) is 0 Å². The number of likely N-dealkylation sites (N-methyl/N-ethyl adjacent to an activating group) is 3. The number of carbonyl (C=O) groups is 3. The van der Waals surface area contributed by atoms with Gasteiger partial charge in [0, 0.05) is 20.1 Å². The summed E-state index contributed by atoms with van der Waals surface area (Å²) < 4.78 is 0. The van der Waals surface area contributed by atoms with Gasteiger partial charge in [-0.25, -0.2) is 5.01 Å². The molecule has 0 heterocycles. The highest BCUT2D eigenvalue weighted by Gasteiger charge is 2.30. The largest absolute Gasteiger partial charge is 0.303 e. The Morgan fingerprint density at radius 2 is 1.93 bits per heavy atom. The molecule has 1 aliphatic rings. The van der Waals surface area contributed by atoms with Crippen LogP contribution in [0.25, 0.3) is 0 Å². The van der Waals surface area contributed by atoms with Gasteiger partial charge in [0.25, 0.3) is 0 Å². The van der Waals surface area contributed by atoms with Gasteiger partial charge in [0.15, 0.2) is 0 Å². The van der Waals surface area contributed by atoms with Gasteiger partial charge >= 0.3 is 0 Å². The fourth-order valence-corrected chi connectivity index (χ4v) is 4.12. The smallest absolute Gasteiger partial charge is 0.225 e. The molecule has 166 valence electrons. The van der Waals surface area contributed by atoms with Gasteiger partial charge in [0.2, 0.25) is 6.41 Å². The number of amides is 1. The molecule has 29 heavy (non-hydrogen) atoms. The van der Waals surface area contributed by atoms with E-state index in [0.717, 1.165) is 44.1 Å². The van der Waals surface area contributed by atoms with Crippen LogP contribution in [0.3, 0.4) is 0 Å². The van der Waals surface area contributed by atoms with E-state index in [9.17, 15) is 14.4 Å². The van der Waals surface area contributed by atoms with Crippen LogP contribution in [0.5, 0.6) is 0 Å². The van der Waals surface area contributed by atoms with E-state index < -0.39 is 0 Å². The highest BCUT2D eigenvalue weighted by atomic mass is 32.2. The van der Waals surface area contributed by atoms with Crippen LogP contribution in [0.1, 0.15) is 38.5 Å². The maximum absolute atomic E-state index is 11.9. The minimum Gasteiger partial charge on any atom is -0.303 e. The summed E-state index contributed by atoms with van der Waals surface area (Å²) in [5.41, 5.74) is 1.52. The summed E-state index contributed by atoms with van der Waals surface area (Å²) in [5.74, 6) is 0.871. The molecule has 2 atom stereocenters. The Hall–Kier alpha value is -1.22. The van der Waals surface area contributed by atoms with Crippen LogP contribution in [0, 0.1) is 0 Å². The zero-order valence-corrected chi connectivity index (χ0v) is 19.3. The number of thioether (sulfide) groups is 1. The predicted octanol–water partition coefficient (Wildman–Crippen LogP) is 1.89. The lowest BCUT2D eigenvalue weighted by atomic mass is 9.97. The van der Waals surface area contributed by atoms with Crippen molar-refractivity contribution in [1.82, 2.24) is 19.8 Å². The molecule has 1 unspecified atom stereocenters. The van der Waals surface area contributed by atoms with E-state index in [0.29, 0.717) is 6.54 Å². The number of hydrazine groups is 1. The van der Waals surface area contributed by atoms with E-state index in [1.54, 1.807) is 23.8 Å². The molecule has 1 amide bonds. The molecule has 0 saturated heterocycles. The predicted molar refractivity (Wildman–Crippen MR) is 120 cm³/mol. The quantitative estimate of drug-likeness (QED) is 0.162. The molecule has 1 rings (SSSR count). The maximum Gasteiger partial charge on any atom is 0.225 e. The Kier molecular flexibility index (Phi) is 13.1. The molecule has 0 saturated carbocycles. The molecule has 0 radical (unpaired) electrons. The first-order valence-electron chi connectivity index (χ1n) is 10.4. The summed E-state index contributed by atoms with van der Waals surface area (Å²) in [4.78, 5) is 38.8. The fourth-order valence-electron chi connectivity index (χ4n) is 3.64. The van der Waals surface area contributed by atoms with Gasteiger partial charge in [-0.15, -0.1) is 0 Å². The zero-order valence-electron chi connectivity index (χ0n) is 18.5. The van der Waals surface area contributed by atoms with Crippen molar-refractivity contribution in [3.05, 3.63) is 11.6 Å². The molecule has 0 N–H and O–H groups in total. The summed E-state index contributed by atoms with van der Waals surface area (Å²) in [5, 5.41) is 3.13. The van der Waals surface area contributed by atoms with Crippen molar-refractivity contribution < 1.29 is 14.4 Å². The van der Waals surface area contributed by atoms with E-state index in [2.05, 4.69) is 11.0 Å². The first-order chi connectivity index (χ1) is 14.0. The second-order valence-electron chi connectivity index (χ2n) is 7.74. The maximum atomic E-state index is 11.9. The van der Waals surface area contributed by atoms with Crippen molar-refractivity contribution in [2.24, 2.45) is 0 Å². The molecule has 1 aliphatic carbocycles. The average molecular weight is 427 g/mol. The molecule has 0 spiro atoms. The lowest BCUT2D eigenvalue weighted by Gasteiger charge is -2.43. The second kappa shape index (κ2) is 14.7.